The second kappa shape index (κ2) is 4.02. The number of rotatable bonds is 2. The van der Waals surface area contributed by atoms with Crippen LogP contribution in [-0.2, 0) is 0 Å². The second-order valence-corrected chi connectivity index (χ2v) is 5.80. The Labute approximate surface area is 103 Å². The molecule has 2 N–H and O–H groups in total. The largest absolute Gasteiger partial charge is 0.363 e. The molecule has 17 heavy (non-hydrogen) atoms. The average Bonchev–Trinajstić information content (AvgIpc) is 2.82. The van der Waals surface area contributed by atoms with Gasteiger partial charge in [-0.05, 0) is 39.5 Å². The van der Waals surface area contributed by atoms with Gasteiger partial charge in [-0.2, -0.15) is 5.10 Å². The van der Waals surface area contributed by atoms with Crippen LogP contribution in [0.1, 0.15) is 45.6 Å². The Bertz CT molecular complexity index is 384. The van der Waals surface area contributed by atoms with Crippen LogP contribution in [0, 0.1) is 0 Å². The van der Waals surface area contributed by atoms with Crippen molar-refractivity contribution in [1.82, 2.24) is 9.78 Å². The Kier molecular flexibility index (Phi) is 2.62. The zero-order valence-corrected chi connectivity index (χ0v) is 10.7. The first-order valence-corrected chi connectivity index (χ1v) is 6.73. The number of hydrogen-bond acceptors (Lipinski definition) is 3. The van der Waals surface area contributed by atoms with Gasteiger partial charge in [-0.15, -0.1) is 0 Å². The van der Waals surface area contributed by atoms with Gasteiger partial charge in [0.15, 0.2) is 0 Å². The molecule has 0 aromatic carbocycles. The lowest BCUT2D eigenvalue weighted by atomic mass is 9.98. The van der Waals surface area contributed by atoms with Crippen LogP contribution in [0.5, 0.6) is 0 Å². The van der Waals surface area contributed by atoms with E-state index in [-0.39, 0.29) is 0 Å². The van der Waals surface area contributed by atoms with Crippen molar-refractivity contribution >= 4 is 5.69 Å². The van der Waals surface area contributed by atoms with E-state index < -0.39 is 0 Å². The molecule has 0 amide bonds. The maximum atomic E-state index is 6.10. The van der Waals surface area contributed by atoms with Gasteiger partial charge in [-0.3, -0.25) is 4.68 Å². The first-order chi connectivity index (χ1) is 8.15. The van der Waals surface area contributed by atoms with E-state index in [0.29, 0.717) is 24.2 Å². The zero-order chi connectivity index (χ0) is 12.0. The van der Waals surface area contributed by atoms with Crippen LogP contribution >= 0.6 is 0 Å². The standard InChI is InChI=1S/C13H22N4/c1-9(2)16-8-13(7-15-16)17-11-3-4-12(17)6-10(14)5-11/h7-12H,3-6,14H2,1-2H3. The van der Waals surface area contributed by atoms with Crippen molar-refractivity contribution in [3.05, 3.63) is 12.4 Å². The number of fused-ring (bicyclic) bond motifs is 2. The highest BCUT2D eigenvalue weighted by atomic mass is 15.3. The Morgan fingerprint density at radius 1 is 1.29 bits per heavy atom. The maximum Gasteiger partial charge on any atom is 0.0757 e. The molecule has 2 unspecified atom stereocenters. The van der Waals surface area contributed by atoms with E-state index in [1.165, 1.54) is 18.5 Å². The summed E-state index contributed by atoms with van der Waals surface area (Å²) in [6.07, 6.45) is 9.08. The van der Waals surface area contributed by atoms with Crippen LogP contribution in [-0.4, -0.2) is 27.9 Å². The minimum absolute atomic E-state index is 0.406. The topological polar surface area (TPSA) is 47.1 Å². The molecule has 0 aliphatic carbocycles. The molecule has 2 fully saturated rings. The van der Waals surface area contributed by atoms with Crippen LogP contribution < -0.4 is 10.6 Å². The summed E-state index contributed by atoms with van der Waals surface area (Å²) < 4.78 is 2.04. The molecule has 2 aliphatic rings. The summed E-state index contributed by atoms with van der Waals surface area (Å²) >= 11 is 0. The summed E-state index contributed by atoms with van der Waals surface area (Å²) in [7, 11) is 0. The molecule has 0 radical (unpaired) electrons. The van der Waals surface area contributed by atoms with Crippen molar-refractivity contribution in [1.29, 1.82) is 0 Å². The maximum absolute atomic E-state index is 6.10. The monoisotopic (exact) mass is 234 g/mol. The van der Waals surface area contributed by atoms with Gasteiger partial charge in [0.25, 0.3) is 0 Å². The van der Waals surface area contributed by atoms with Gasteiger partial charge in [0, 0.05) is 30.4 Å². The number of nitrogens with two attached hydrogens (primary N) is 1. The molecule has 0 saturated carbocycles. The van der Waals surface area contributed by atoms with Crippen molar-refractivity contribution in [2.24, 2.45) is 5.73 Å². The minimum Gasteiger partial charge on any atom is -0.363 e. The number of aromatic nitrogens is 2. The molecular weight excluding hydrogens is 212 g/mol. The first-order valence-electron chi connectivity index (χ1n) is 6.73. The summed E-state index contributed by atoms with van der Waals surface area (Å²) in [5.74, 6) is 0. The molecule has 2 bridgehead atoms. The second-order valence-electron chi connectivity index (χ2n) is 5.80. The summed E-state index contributed by atoms with van der Waals surface area (Å²) in [6, 6.07) is 2.14. The molecule has 2 aliphatic heterocycles. The minimum atomic E-state index is 0.406. The average molecular weight is 234 g/mol. The molecule has 4 nitrogen and oxygen atoms in total. The zero-order valence-electron chi connectivity index (χ0n) is 10.7. The fraction of sp³-hybridized carbons (Fsp3) is 0.769. The molecule has 3 heterocycles. The molecule has 3 rings (SSSR count). The normalized spacial score (nSPS) is 32.5. The van der Waals surface area contributed by atoms with Crippen LogP contribution in [0.4, 0.5) is 5.69 Å². The number of nitrogens with zero attached hydrogens (tertiary/aromatic N) is 3. The predicted molar refractivity (Wildman–Crippen MR) is 69.1 cm³/mol. The Balaban J connectivity index is 1.84. The lowest BCUT2D eigenvalue weighted by Crippen LogP contribution is -2.47. The Hall–Kier alpha value is -1.03. The number of anilines is 1. The summed E-state index contributed by atoms with van der Waals surface area (Å²) in [5.41, 5.74) is 7.39. The van der Waals surface area contributed by atoms with Crippen LogP contribution in [0.3, 0.4) is 0 Å². The molecule has 2 saturated heterocycles. The number of hydrogen-bond donors (Lipinski definition) is 1. The fourth-order valence-corrected chi connectivity index (χ4v) is 3.38. The van der Waals surface area contributed by atoms with E-state index in [0.717, 1.165) is 12.8 Å². The third kappa shape index (κ3) is 1.84. The van der Waals surface area contributed by atoms with E-state index in [2.05, 4.69) is 30.0 Å². The third-order valence-corrected chi connectivity index (χ3v) is 4.18. The predicted octanol–water partition coefficient (Wildman–Crippen LogP) is 1.92. The van der Waals surface area contributed by atoms with Crippen molar-refractivity contribution in [3.8, 4) is 0 Å². The van der Waals surface area contributed by atoms with E-state index in [1.54, 1.807) is 0 Å². The van der Waals surface area contributed by atoms with E-state index >= 15 is 0 Å². The SMILES string of the molecule is CC(C)n1cc(N2C3CCC2CC(N)C3)cn1. The summed E-state index contributed by atoms with van der Waals surface area (Å²) in [4.78, 5) is 2.56. The van der Waals surface area contributed by atoms with Crippen LogP contribution in [0.2, 0.25) is 0 Å². The third-order valence-electron chi connectivity index (χ3n) is 4.18. The van der Waals surface area contributed by atoms with Gasteiger partial charge in [0.05, 0.1) is 11.9 Å². The van der Waals surface area contributed by atoms with Gasteiger partial charge in [0.2, 0.25) is 0 Å². The highest BCUT2D eigenvalue weighted by Gasteiger charge is 2.40. The molecule has 1 aromatic rings. The lowest BCUT2D eigenvalue weighted by Gasteiger charge is -2.38. The Morgan fingerprint density at radius 3 is 2.47 bits per heavy atom. The van der Waals surface area contributed by atoms with Crippen LogP contribution in [0.15, 0.2) is 12.4 Å². The fourth-order valence-electron chi connectivity index (χ4n) is 3.38. The van der Waals surface area contributed by atoms with E-state index in [1.807, 2.05) is 10.9 Å². The van der Waals surface area contributed by atoms with Gasteiger partial charge in [-0.25, -0.2) is 0 Å². The first kappa shape index (κ1) is 11.1. The van der Waals surface area contributed by atoms with Crippen molar-refractivity contribution < 1.29 is 0 Å². The summed E-state index contributed by atoms with van der Waals surface area (Å²) in [6.45, 7) is 4.33. The van der Waals surface area contributed by atoms with Gasteiger partial charge in [-0.1, -0.05) is 0 Å². The van der Waals surface area contributed by atoms with E-state index in [4.69, 9.17) is 5.73 Å². The molecule has 0 spiro atoms. The molecule has 4 heteroatoms. The lowest BCUT2D eigenvalue weighted by molar-refractivity contribution is 0.414. The molecular formula is C13H22N4. The highest BCUT2D eigenvalue weighted by Crippen LogP contribution is 2.38. The quantitative estimate of drug-likeness (QED) is 0.850. The van der Waals surface area contributed by atoms with Gasteiger partial charge < -0.3 is 10.6 Å². The summed E-state index contributed by atoms with van der Waals surface area (Å²) in [5, 5.41) is 4.45. The smallest absolute Gasteiger partial charge is 0.0757 e. The highest BCUT2D eigenvalue weighted by molar-refractivity contribution is 5.47. The number of piperidine rings is 1. The molecule has 2 atom stereocenters. The Morgan fingerprint density at radius 2 is 1.94 bits per heavy atom. The van der Waals surface area contributed by atoms with Crippen molar-refractivity contribution in [3.63, 3.8) is 0 Å². The van der Waals surface area contributed by atoms with Gasteiger partial charge in [0.1, 0.15) is 0 Å². The van der Waals surface area contributed by atoms with Gasteiger partial charge >= 0.3 is 0 Å². The molecule has 1 aromatic heterocycles. The van der Waals surface area contributed by atoms with Crippen LogP contribution in [0.25, 0.3) is 0 Å². The van der Waals surface area contributed by atoms with Crippen molar-refractivity contribution in [2.45, 2.75) is 63.7 Å². The van der Waals surface area contributed by atoms with Crippen molar-refractivity contribution in [2.75, 3.05) is 4.90 Å². The van der Waals surface area contributed by atoms with E-state index in [9.17, 15) is 0 Å². The molecule has 94 valence electrons.